The van der Waals surface area contributed by atoms with Gasteiger partial charge < -0.3 is 4.74 Å². The summed E-state index contributed by atoms with van der Waals surface area (Å²) < 4.78 is 5.35. The topological polar surface area (TPSA) is 55.4 Å². The zero-order valence-electron chi connectivity index (χ0n) is 12.8. The highest BCUT2D eigenvalue weighted by Gasteiger charge is 2.29. The molecule has 0 saturated carbocycles. The number of anilines is 1. The van der Waals surface area contributed by atoms with Crippen LogP contribution >= 0.6 is 0 Å². The lowest BCUT2D eigenvalue weighted by Gasteiger charge is -2.21. The molecule has 2 aliphatic carbocycles. The highest BCUT2D eigenvalue weighted by molar-refractivity contribution is 6.04. The monoisotopic (exact) mass is 287 g/mol. The predicted molar refractivity (Wildman–Crippen MR) is 81.0 cm³/mol. The van der Waals surface area contributed by atoms with E-state index < -0.39 is 11.7 Å². The van der Waals surface area contributed by atoms with Crippen LogP contribution in [0.4, 0.5) is 10.5 Å². The molecule has 0 bridgehead atoms. The first-order valence-corrected chi connectivity index (χ1v) is 7.56. The summed E-state index contributed by atoms with van der Waals surface area (Å²) in [5, 5.41) is 2.91. The second-order valence-electron chi connectivity index (χ2n) is 6.82. The highest BCUT2D eigenvalue weighted by Crippen LogP contribution is 2.38. The van der Waals surface area contributed by atoms with Gasteiger partial charge in [-0.2, -0.15) is 0 Å². The van der Waals surface area contributed by atoms with Gasteiger partial charge in [0.15, 0.2) is 5.78 Å². The molecule has 1 aromatic rings. The number of ether oxygens (including phenoxy) is 1. The van der Waals surface area contributed by atoms with Crippen molar-refractivity contribution in [3.63, 3.8) is 0 Å². The normalized spacial score (nSPS) is 16.6. The van der Waals surface area contributed by atoms with Gasteiger partial charge in [-0.3, -0.25) is 10.1 Å². The number of carbonyl (C=O) groups excluding carboxylic acids is 2. The maximum atomic E-state index is 12.1. The highest BCUT2D eigenvalue weighted by atomic mass is 16.6. The summed E-state index contributed by atoms with van der Waals surface area (Å²) in [5.41, 5.74) is 4.48. The van der Waals surface area contributed by atoms with Crippen molar-refractivity contribution < 1.29 is 14.3 Å². The molecule has 1 amide bonds. The molecule has 0 heterocycles. The van der Waals surface area contributed by atoms with Crippen LogP contribution in [0.2, 0.25) is 0 Å². The predicted octanol–water partition coefficient (Wildman–Crippen LogP) is 3.65. The summed E-state index contributed by atoms with van der Waals surface area (Å²) >= 11 is 0. The van der Waals surface area contributed by atoms with Crippen molar-refractivity contribution in [1.82, 2.24) is 0 Å². The maximum absolute atomic E-state index is 12.1. The number of hydrogen-bond acceptors (Lipinski definition) is 3. The Kier molecular flexibility index (Phi) is 3.27. The summed E-state index contributed by atoms with van der Waals surface area (Å²) in [4.78, 5) is 24.1. The lowest BCUT2D eigenvalue weighted by atomic mass is 9.98. The Bertz CT molecular complexity index is 626. The lowest BCUT2D eigenvalue weighted by molar-refractivity contribution is 0.0635. The molecule has 21 heavy (non-hydrogen) atoms. The molecule has 1 aromatic carbocycles. The quantitative estimate of drug-likeness (QED) is 0.857. The Morgan fingerprint density at radius 2 is 1.90 bits per heavy atom. The molecule has 112 valence electrons. The van der Waals surface area contributed by atoms with Crippen molar-refractivity contribution in [1.29, 1.82) is 0 Å². The van der Waals surface area contributed by atoms with Crippen molar-refractivity contribution in [3.05, 3.63) is 28.3 Å². The Labute approximate surface area is 124 Å². The summed E-state index contributed by atoms with van der Waals surface area (Å²) in [7, 11) is 0. The van der Waals surface area contributed by atoms with Gasteiger partial charge in [0.1, 0.15) is 5.60 Å². The molecule has 0 saturated heterocycles. The molecule has 0 aliphatic heterocycles. The van der Waals surface area contributed by atoms with Crippen molar-refractivity contribution >= 4 is 17.6 Å². The Hall–Kier alpha value is -1.84. The number of Topliss-reactive ketones (excluding diaryl/α,β-unsaturated/α-hetero) is 1. The molecular weight excluding hydrogens is 266 g/mol. The molecule has 4 heteroatoms. The van der Waals surface area contributed by atoms with E-state index in [9.17, 15) is 9.59 Å². The molecule has 3 rings (SSSR count). The molecule has 0 atom stereocenters. The second-order valence-corrected chi connectivity index (χ2v) is 6.82. The minimum Gasteiger partial charge on any atom is -0.444 e. The smallest absolute Gasteiger partial charge is 0.412 e. The number of aryl methyl sites for hydroxylation is 1. The number of benzene rings is 1. The van der Waals surface area contributed by atoms with E-state index in [0.717, 1.165) is 36.1 Å². The summed E-state index contributed by atoms with van der Waals surface area (Å²) in [6, 6.07) is 2.03. The minimum atomic E-state index is -0.527. The molecule has 0 spiro atoms. The van der Waals surface area contributed by atoms with Crippen LogP contribution in [0.15, 0.2) is 6.07 Å². The molecule has 0 radical (unpaired) electrons. The maximum Gasteiger partial charge on any atom is 0.412 e. The van der Waals surface area contributed by atoms with Gasteiger partial charge in [-0.25, -0.2) is 4.79 Å². The minimum absolute atomic E-state index is 0.187. The van der Waals surface area contributed by atoms with E-state index in [1.54, 1.807) is 0 Å². The number of nitrogens with one attached hydrogen (secondary N) is 1. The van der Waals surface area contributed by atoms with Gasteiger partial charge in [0.05, 0.1) is 5.69 Å². The van der Waals surface area contributed by atoms with E-state index in [1.807, 2.05) is 26.8 Å². The van der Waals surface area contributed by atoms with Crippen LogP contribution in [-0.4, -0.2) is 17.5 Å². The van der Waals surface area contributed by atoms with Crippen LogP contribution in [0, 0.1) is 0 Å². The fourth-order valence-corrected chi connectivity index (χ4v) is 3.23. The molecule has 1 N–H and O–H groups in total. The fraction of sp³-hybridized carbons (Fsp3) is 0.529. The van der Waals surface area contributed by atoms with Crippen LogP contribution < -0.4 is 5.32 Å². The molecular formula is C17H21NO3. The number of ketones is 1. The number of amides is 1. The van der Waals surface area contributed by atoms with Crippen molar-refractivity contribution in [2.75, 3.05) is 5.32 Å². The van der Waals surface area contributed by atoms with E-state index >= 15 is 0 Å². The van der Waals surface area contributed by atoms with Gasteiger partial charge in [0.2, 0.25) is 0 Å². The van der Waals surface area contributed by atoms with Crippen LogP contribution in [-0.2, 0) is 24.0 Å². The standard InChI is InChI=1S/C17H21NO3/c1-17(2,3)21-16(20)18-15-11-6-4-5-10(11)9-13-12(15)7-8-14(13)19/h9H,4-8H2,1-3H3,(H,18,20). The largest absolute Gasteiger partial charge is 0.444 e. The Morgan fingerprint density at radius 1 is 1.14 bits per heavy atom. The first-order chi connectivity index (χ1) is 9.85. The average molecular weight is 287 g/mol. The molecule has 0 unspecified atom stereocenters. The van der Waals surface area contributed by atoms with Gasteiger partial charge in [0, 0.05) is 12.0 Å². The van der Waals surface area contributed by atoms with Crippen molar-refractivity contribution in [2.24, 2.45) is 0 Å². The van der Waals surface area contributed by atoms with Gasteiger partial charge in [-0.05, 0) is 69.2 Å². The summed E-state index contributed by atoms with van der Waals surface area (Å²) in [6.45, 7) is 5.53. The average Bonchev–Trinajstić information content (AvgIpc) is 2.94. The molecule has 4 nitrogen and oxygen atoms in total. The summed E-state index contributed by atoms with van der Waals surface area (Å²) in [5.74, 6) is 0.187. The third-order valence-corrected chi connectivity index (χ3v) is 4.04. The summed E-state index contributed by atoms with van der Waals surface area (Å²) in [6.07, 6.45) is 3.84. The van der Waals surface area contributed by atoms with E-state index in [4.69, 9.17) is 4.74 Å². The van der Waals surface area contributed by atoms with Gasteiger partial charge in [-0.1, -0.05) is 0 Å². The van der Waals surface area contributed by atoms with E-state index in [-0.39, 0.29) is 5.78 Å². The first-order valence-electron chi connectivity index (χ1n) is 7.56. The Balaban J connectivity index is 1.97. The fourth-order valence-electron chi connectivity index (χ4n) is 3.23. The van der Waals surface area contributed by atoms with Crippen LogP contribution in [0.3, 0.4) is 0 Å². The Morgan fingerprint density at radius 3 is 2.62 bits per heavy atom. The number of rotatable bonds is 1. The van der Waals surface area contributed by atoms with E-state index in [0.29, 0.717) is 12.8 Å². The van der Waals surface area contributed by atoms with Crippen LogP contribution in [0.5, 0.6) is 0 Å². The lowest BCUT2D eigenvalue weighted by Crippen LogP contribution is -2.28. The molecule has 0 aromatic heterocycles. The third kappa shape index (κ3) is 2.67. The van der Waals surface area contributed by atoms with E-state index in [1.165, 1.54) is 11.1 Å². The molecule has 0 fully saturated rings. The molecule has 2 aliphatic rings. The first kappa shape index (κ1) is 14.1. The number of hydrogen-bond donors (Lipinski definition) is 1. The van der Waals surface area contributed by atoms with Gasteiger partial charge in [0.25, 0.3) is 0 Å². The van der Waals surface area contributed by atoms with Crippen LogP contribution in [0.1, 0.15) is 60.7 Å². The van der Waals surface area contributed by atoms with Crippen molar-refractivity contribution in [2.45, 2.75) is 58.5 Å². The van der Waals surface area contributed by atoms with Crippen molar-refractivity contribution in [3.8, 4) is 0 Å². The van der Waals surface area contributed by atoms with Gasteiger partial charge in [-0.15, -0.1) is 0 Å². The third-order valence-electron chi connectivity index (χ3n) is 4.04. The van der Waals surface area contributed by atoms with Crippen LogP contribution in [0.25, 0.3) is 0 Å². The van der Waals surface area contributed by atoms with Gasteiger partial charge >= 0.3 is 6.09 Å². The number of fused-ring (bicyclic) bond motifs is 2. The SMILES string of the molecule is CC(C)(C)OC(=O)Nc1c2c(cc3c1CCC3=O)CCC2. The second kappa shape index (κ2) is 4.86. The zero-order valence-corrected chi connectivity index (χ0v) is 12.8. The number of carbonyl (C=O) groups is 2. The van der Waals surface area contributed by atoms with E-state index in [2.05, 4.69) is 5.32 Å². The zero-order chi connectivity index (χ0) is 15.2.